The fourth-order valence-corrected chi connectivity index (χ4v) is 3.39. The highest BCUT2D eigenvalue weighted by atomic mass is 16.5. The molecule has 1 unspecified atom stereocenters. The monoisotopic (exact) mass is 375 g/mol. The number of nitrogens with one attached hydrogen (secondary N) is 2. The van der Waals surface area contributed by atoms with E-state index in [0.29, 0.717) is 13.1 Å². The molecule has 0 saturated heterocycles. The SMILES string of the molecule is CN=C(NCc1nccn1Cc1ccccc1)NCC1Cc2ccccc2O1. The van der Waals surface area contributed by atoms with Gasteiger partial charge in [0.25, 0.3) is 0 Å². The molecule has 2 aromatic carbocycles. The first-order valence-electron chi connectivity index (χ1n) is 9.55. The number of benzene rings is 2. The Hall–Kier alpha value is -3.28. The predicted molar refractivity (Wildman–Crippen MR) is 111 cm³/mol. The maximum atomic E-state index is 5.98. The van der Waals surface area contributed by atoms with E-state index in [4.69, 9.17) is 4.74 Å². The van der Waals surface area contributed by atoms with E-state index in [2.05, 4.69) is 61.6 Å². The van der Waals surface area contributed by atoms with Crippen LogP contribution in [-0.2, 0) is 19.5 Å². The summed E-state index contributed by atoms with van der Waals surface area (Å²) >= 11 is 0. The van der Waals surface area contributed by atoms with Gasteiger partial charge in [-0.15, -0.1) is 0 Å². The fourth-order valence-electron chi connectivity index (χ4n) is 3.39. The molecule has 0 radical (unpaired) electrons. The summed E-state index contributed by atoms with van der Waals surface area (Å²) < 4.78 is 8.12. The van der Waals surface area contributed by atoms with Gasteiger partial charge in [-0.2, -0.15) is 0 Å². The zero-order valence-corrected chi connectivity index (χ0v) is 16.0. The van der Waals surface area contributed by atoms with E-state index in [9.17, 15) is 0 Å². The van der Waals surface area contributed by atoms with Gasteiger partial charge in [-0.1, -0.05) is 48.5 Å². The van der Waals surface area contributed by atoms with E-state index in [1.807, 2.05) is 30.6 Å². The van der Waals surface area contributed by atoms with Crippen LogP contribution in [0.5, 0.6) is 5.75 Å². The molecule has 6 heteroatoms. The molecular formula is C22H25N5O. The summed E-state index contributed by atoms with van der Waals surface area (Å²) in [6.07, 6.45) is 4.88. The van der Waals surface area contributed by atoms with Crippen LogP contribution in [0.4, 0.5) is 0 Å². The van der Waals surface area contributed by atoms with Crippen molar-refractivity contribution in [2.24, 2.45) is 4.99 Å². The number of hydrogen-bond acceptors (Lipinski definition) is 3. The van der Waals surface area contributed by atoms with Gasteiger partial charge in [0.2, 0.25) is 0 Å². The van der Waals surface area contributed by atoms with Crippen LogP contribution >= 0.6 is 0 Å². The van der Waals surface area contributed by atoms with Crippen LogP contribution in [-0.4, -0.2) is 35.2 Å². The number of para-hydroxylation sites is 1. The van der Waals surface area contributed by atoms with Gasteiger partial charge in [0.05, 0.1) is 13.1 Å². The maximum absolute atomic E-state index is 5.98. The van der Waals surface area contributed by atoms with Crippen LogP contribution in [0, 0.1) is 0 Å². The first kappa shape index (κ1) is 18.1. The zero-order chi connectivity index (χ0) is 19.2. The highest BCUT2D eigenvalue weighted by molar-refractivity contribution is 5.79. The van der Waals surface area contributed by atoms with E-state index >= 15 is 0 Å². The van der Waals surface area contributed by atoms with Crippen molar-refractivity contribution in [3.63, 3.8) is 0 Å². The molecule has 28 heavy (non-hydrogen) atoms. The fraction of sp³-hybridized carbons (Fsp3) is 0.273. The number of aromatic nitrogens is 2. The van der Waals surface area contributed by atoms with Gasteiger partial charge in [0.1, 0.15) is 17.7 Å². The molecule has 144 valence electrons. The highest BCUT2D eigenvalue weighted by Crippen LogP contribution is 2.27. The second kappa shape index (κ2) is 8.61. The van der Waals surface area contributed by atoms with Gasteiger partial charge in [-0.05, 0) is 17.2 Å². The van der Waals surface area contributed by atoms with Crippen LogP contribution in [0.2, 0.25) is 0 Å². The van der Waals surface area contributed by atoms with Crippen molar-refractivity contribution in [2.75, 3.05) is 13.6 Å². The lowest BCUT2D eigenvalue weighted by atomic mass is 10.1. The van der Waals surface area contributed by atoms with Crippen LogP contribution < -0.4 is 15.4 Å². The average Bonchev–Trinajstić information content (AvgIpc) is 3.35. The topological polar surface area (TPSA) is 63.5 Å². The largest absolute Gasteiger partial charge is 0.488 e. The van der Waals surface area contributed by atoms with Gasteiger partial charge in [-0.3, -0.25) is 4.99 Å². The summed E-state index contributed by atoms with van der Waals surface area (Å²) in [6.45, 7) is 2.11. The number of hydrogen-bond donors (Lipinski definition) is 2. The third kappa shape index (κ3) is 4.34. The lowest BCUT2D eigenvalue weighted by Crippen LogP contribution is -2.42. The third-order valence-electron chi connectivity index (χ3n) is 4.85. The molecule has 1 aliphatic rings. The summed E-state index contributed by atoms with van der Waals surface area (Å²) in [5.74, 6) is 2.70. The highest BCUT2D eigenvalue weighted by Gasteiger charge is 2.22. The summed E-state index contributed by atoms with van der Waals surface area (Å²) in [4.78, 5) is 8.79. The predicted octanol–water partition coefficient (Wildman–Crippen LogP) is 2.60. The molecule has 4 rings (SSSR count). The number of ether oxygens (including phenoxy) is 1. The molecule has 0 amide bonds. The molecule has 0 spiro atoms. The third-order valence-corrected chi connectivity index (χ3v) is 4.85. The summed E-state index contributed by atoms with van der Waals surface area (Å²) in [5.41, 5.74) is 2.52. The van der Waals surface area contributed by atoms with Gasteiger partial charge in [0, 0.05) is 32.4 Å². The van der Waals surface area contributed by atoms with Crippen molar-refractivity contribution in [1.29, 1.82) is 0 Å². The molecule has 1 aromatic heterocycles. The Balaban J connectivity index is 1.28. The van der Waals surface area contributed by atoms with Crippen LogP contribution in [0.25, 0.3) is 0 Å². The van der Waals surface area contributed by atoms with E-state index in [-0.39, 0.29) is 6.10 Å². The number of fused-ring (bicyclic) bond motifs is 1. The van der Waals surface area contributed by atoms with Crippen molar-refractivity contribution in [2.45, 2.75) is 25.6 Å². The standard InChI is InChI=1S/C22H25N5O/c1-23-22(25-14-19-13-18-9-5-6-10-20(18)28-19)26-15-21-24-11-12-27(21)16-17-7-3-2-4-8-17/h2-12,19H,13-16H2,1H3,(H2,23,25,26). The van der Waals surface area contributed by atoms with E-state index in [1.165, 1.54) is 11.1 Å². The van der Waals surface area contributed by atoms with E-state index in [0.717, 1.165) is 30.5 Å². The number of guanidine groups is 1. The summed E-state index contributed by atoms with van der Waals surface area (Å²) in [7, 11) is 1.77. The number of imidazole rings is 1. The number of nitrogens with zero attached hydrogens (tertiary/aromatic N) is 3. The molecule has 0 bridgehead atoms. The quantitative estimate of drug-likeness (QED) is 0.514. The van der Waals surface area contributed by atoms with Crippen molar-refractivity contribution >= 4 is 5.96 Å². The molecule has 0 saturated carbocycles. The Kier molecular flexibility index (Phi) is 5.56. The molecule has 0 fully saturated rings. The first-order chi connectivity index (χ1) is 13.8. The van der Waals surface area contributed by atoms with Crippen LogP contribution in [0.15, 0.2) is 72.0 Å². The lowest BCUT2D eigenvalue weighted by molar-refractivity contribution is 0.235. The minimum atomic E-state index is 0.121. The molecule has 1 atom stereocenters. The summed E-state index contributed by atoms with van der Waals surface area (Å²) in [5, 5.41) is 6.70. The number of rotatable bonds is 6. The minimum absolute atomic E-state index is 0.121. The van der Waals surface area contributed by atoms with E-state index < -0.39 is 0 Å². The Morgan fingerprint density at radius 1 is 1.14 bits per heavy atom. The van der Waals surface area contributed by atoms with Crippen LogP contribution in [0.3, 0.4) is 0 Å². The maximum Gasteiger partial charge on any atom is 0.191 e. The van der Waals surface area contributed by atoms with Crippen molar-refractivity contribution in [3.8, 4) is 5.75 Å². The second-order valence-corrected chi connectivity index (χ2v) is 6.82. The molecule has 0 aliphatic carbocycles. The Bertz CT molecular complexity index is 910. The molecule has 2 N–H and O–H groups in total. The minimum Gasteiger partial charge on any atom is -0.488 e. The number of aliphatic imine (C=N–C) groups is 1. The summed E-state index contributed by atoms with van der Waals surface area (Å²) in [6, 6.07) is 18.6. The molecule has 6 nitrogen and oxygen atoms in total. The Labute approximate surface area is 165 Å². The molecule has 1 aliphatic heterocycles. The first-order valence-corrected chi connectivity index (χ1v) is 9.55. The van der Waals surface area contributed by atoms with Crippen molar-refractivity contribution in [1.82, 2.24) is 20.2 Å². The van der Waals surface area contributed by atoms with Gasteiger partial charge in [0.15, 0.2) is 5.96 Å². The average molecular weight is 375 g/mol. The van der Waals surface area contributed by atoms with E-state index in [1.54, 1.807) is 7.05 Å². The Morgan fingerprint density at radius 3 is 2.79 bits per heavy atom. The van der Waals surface area contributed by atoms with Gasteiger partial charge < -0.3 is 19.9 Å². The molecule has 3 aromatic rings. The lowest BCUT2D eigenvalue weighted by Gasteiger charge is -2.16. The second-order valence-electron chi connectivity index (χ2n) is 6.82. The zero-order valence-electron chi connectivity index (χ0n) is 16.0. The normalized spacial score (nSPS) is 15.8. The smallest absolute Gasteiger partial charge is 0.191 e. The van der Waals surface area contributed by atoms with Crippen molar-refractivity contribution < 1.29 is 4.74 Å². The van der Waals surface area contributed by atoms with Gasteiger partial charge >= 0.3 is 0 Å². The van der Waals surface area contributed by atoms with Crippen LogP contribution in [0.1, 0.15) is 17.0 Å². The van der Waals surface area contributed by atoms with Gasteiger partial charge in [-0.25, -0.2) is 4.98 Å². The molecule has 2 heterocycles. The van der Waals surface area contributed by atoms with Crippen molar-refractivity contribution in [3.05, 3.63) is 83.9 Å². The Morgan fingerprint density at radius 2 is 1.96 bits per heavy atom. The molecular weight excluding hydrogens is 350 g/mol.